The molecular weight excluding hydrogens is 461 g/mol. The molecule has 0 saturated carbocycles. The Balaban J connectivity index is 1.34. The Labute approximate surface area is 208 Å². The van der Waals surface area contributed by atoms with Crippen LogP contribution in [0.3, 0.4) is 0 Å². The van der Waals surface area contributed by atoms with Crippen LogP contribution in [0.4, 0.5) is 10.2 Å². The molecule has 0 radical (unpaired) electrons. The summed E-state index contributed by atoms with van der Waals surface area (Å²) in [4.78, 5) is 29.8. The molecule has 0 spiro atoms. The summed E-state index contributed by atoms with van der Waals surface area (Å²) >= 11 is 0. The smallest absolute Gasteiger partial charge is 0.244 e. The number of methoxy groups -OCH3 is 1. The molecule has 1 fully saturated rings. The second-order valence-corrected chi connectivity index (χ2v) is 8.54. The van der Waals surface area contributed by atoms with Gasteiger partial charge in [-0.25, -0.2) is 14.4 Å². The molecule has 0 bridgehead atoms. The van der Waals surface area contributed by atoms with E-state index in [1.807, 2.05) is 41.3 Å². The summed E-state index contributed by atoms with van der Waals surface area (Å²) in [6.07, 6.45) is 2.67. The van der Waals surface area contributed by atoms with E-state index < -0.39 is 0 Å². The summed E-state index contributed by atoms with van der Waals surface area (Å²) < 4.78 is 20.7. The molecule has 0 N–H and O–H groups in total. The molecule has 1 amide bonds. The van der Waals surface area contributed by atoms with Gasteiger partial charge >= 0.3 is 0 Å². The lowest BCUT2D eigenvalue weighted by Crippen LogP contribution is -2.50. The fourth-order valence-corrected chi connectivity index (χ4v) is 4.21. The van der Waals surface area contributed by atoms with Gasteiger partial charge in [0.2, 0.25) is 11.8 Å². The van der Waals surface area contributed by atoms with Crippen molar-refractivity contribution in [2.75, 3.05) is 38.2 Å². The zero-order valence-corrected chi connectivity index (χ0v) is 20.1. The third-order valence-corrected chi connectivity index (χ3v) is 6.24. The van der Waals surface area contributed by atoms with Crippen LogP contribution in [-0.4, -0.2) is 68.8 Å². The lowest BCUT2D eigenvalue weighted by Gasteiger charge is -2.35. The van der Waals surface area contributed by atoms with Gasteiger partial charge < -0.3 is 14.5 Å². The van der Waals surface area contributed by atoms with Crippen LogP contribution in [0.5, 0.6) is 5.88 Å². The highest BCUT2D eigenvalue weighted by Crippen LogP contribution is 2.26. The number of aryl methyl sites for hydroxylation is 1. The molecule has 1 aliphatic heterocycles. The van der Waals surface area contributed by atoms with Gasteiger partial charge in [0.15, 0.2) is 0 Å². The maximum absolute atomic E-state index is 13.8. The van der Waals surface area contributed by atoms with E-state index in [2.05, 4.69) is 25.0 Å². The van der Waals surface area contributed by atoms with Crippen LogP contribution < -0.4 is 9.64 Å². The first-order chi connectivity index (χ1) is 17.5. The van der Waals surface area contributed by atoms with E-state index in [4.69, 9.17) is 4.74 Å². The van der Waals surface area contributed by atoms with E-state index in [1.165, 1.54) is 12.5 Å². The van der Waals surface area contributed by atoms with Crippen LogP contribution in [0.25, 0.3) is 22.6 Å². The first-order valence-corrected chi connectivity index (χ1v) is 11.7. The van der Waals surface area contributed by atoms with Crippen LogP contribution in [0.2, 0.25) is 0 Å². The number of amides is 1. The molecular formula is C26H26FN7O2. The monoisotopic (exact) mass is 487 g/mol. The third kappa shape index (κ3) is 4.88. The highest BCUT2D eigenvalue weighted by molar-refractivity contribution is 5.78. The molecule has 3 aromatic heterocycles. The van der Waals surface area contributed by atoms with Crippen molar-refractivity contribution in [1.82, 2.24) is 29.6 Å². The number of carbonyl (C=O) groups excluding carboxylic acids is 1. The van der Waals surface area contributed by atoms with Gasteiger partial charge in [-0.2, -0.15) is 5.10 Å². The number of nitrogens with zero attached hydrogens (tertiary/aromatic N) is 7. The molecule has 4 aromatic rings. The number of pyridine rings is 1. The van der Waals surface area contributed by atoms with E-state index in [1.54, 1.807) is 30.8 Å². The molecule has 184 valence electrons. The van der Waals surface area contributed by atoms with Crippen LogP contribution >= 0.6 is 0 Å². The fraction of sp³-hybridized carbons (Fsp3) is 0.269. The number of halogens is 1. The molecule has 36 heavy (non-hydrogen) atoms. The van der Waals surface area contributed by atoms with Gasteiger partial charge in [0.05, 0.1) is 24.7 Å². The van der Waals surface area contributed by atoms with Gasteiger partial charge in [0.25, 0.3) is 0 Å². The second-order valence-electron chi connectivity index (χ2n) is 8.54. The van der Waals surface area contributed by atoms with Crippen molar-refractivity contribution >= 4 is 11.7 Å². The van der Waals surface area contributed by atoms with Gasteiger partial charge in [-0.15, -0.1) is 0 Å². The van der Waals surface area contributed by atoms with Gasteiger partial charge in [0.1, 0.15) is 30.2 Å². The van der Waals surface area contributed by atoms with Crippen molar-refractivity contribution in [2.24, 2.45) is 0 Å². The van der Waals surface area contributed by atoms with Crippen molar-refractivity contribution in [3.05, 3.63) is 72.4 Å². The van der Waals surface area contributed by atoms with E-state index in [-0.39, 0.29) is 18.3 Å². The fourth-order valence-electron chi connectivity index (χ4n) is 4.21. The molecule has 0 atom stereocenters. The zero-order chi connectivity index (χ0) is 25.1. The number of aromatic nitrogens is 5. The number of anilines is 1. The Kier molecular flexibility index (Phi) is 6.57. The molecule has 10 heteroatoms. The highest BCUT2D eigenvalue weighted by Gasteiger charge is 2.24. The number of hydrogen-bond acceptors (Lipinski definition) is 7. The maximum Gasteiger partial charge on any atom is 0.244 e. The Morgan fingerprint density at radius 2 is 1.78 bits per heavy atom. The number of hydrogen-bond donors (Lipinski definition) is 0. The van der Waals surface area contributed by atoms with Gasteiger partial charge in [0, 0.05) is 32.2 Å². The van der Waals surface area contributed by atoms with Gasteiger partial charge in [-0.3, -0.25) is 14.5 Å². The summed E-state index contributed by atoms with van der Waals surface area (Å²) in [5.41, 5.74) is 3.38. The quantitative estimate of drug-likeness (QED) is 0.413. The summed E-state index contributed by atoms with van der Waals surface area (Å²) in [7, 11) is 1.57. The van der Waals surface area contributed by atoms with Crippen molar-refractivity contribution in [3.63, 3.8) is 0 Å². The maximum atomic E-state index is 13.8. The van der Waals surface area contributed by atoms with Gasteiger partial charge in [-0.05, 0) is 30.2 Å². The lowest BCUT2D eigenvalue weighted by molar-refractivity contribution is -0.132. The van der Waals surface area contributed by atoms with Crippen molar-refractivity contribution in [2.45, 2.75) is 13.5 Å². The van der Waals surface area contributed by atoms with Crippen molar-refractivity contribution in [3.8, 4) is 28.5 Å². The minimum Gasteiger partial charge on any atom is -0.481 e. The highest BCUT2D eigenvalue weighted by atomic mass is 19.1. The van der Waals surface area contributed by atoms with Gasteiger partial charge in [-0.1, -0.05) is 30.3 Å². The largest absolute Gasteiger partial charge is 0.481 e. The predicted octanol–water partition coefficient (Wildman–Crippen LogP) is 3.21. The minimum absolute atomic E-state index is 0.0232. The van der Waals surface area contributed by atoms with E-state index in [0.717, 1.165) is 17.1 Å². The van der Waals surface area contributed by atoms with Crippen molar-refractivity contribution < 1.29 is 13.9 Å². The lowest BCUT2D eigenvalue weighted by atomic mass is 10.1. The average molecular weight is 488 g/mol. The van der Waals surface area contributed by atoms with Crippen molar-refractivity contribution in [1.29, 1.82) is 0 Å². The van der Waals surface area contributed by atoms with E-state index in [0.29, 0.717) is 49.0 Å². The number of ether oxygens (including phenoxy) is 1. The number of benzene rings is 1. The number of rotatable bonds is 6. The molecule has 5 rings (SSSR count). The Bertz CT molecular complexity index is 1370. The minimum atomic E-state index is -0.365. The third-order valence-electron chi connectivity index (χ3n) is 6.24. The zero-order valence-electron chi connectivity index (χ0n) is 20.1. The summed E-state index contributed by atoms with van der Waals surface area (Å²) in [5, 5.41) is 4.69. The molecule has 0 unspecified atom stereocenters. The predicted molar refractivity (Wildman–Crippen MR) is 133 cm³/mol. The summed E-state index contributed by atoms with van der Waals surface area (Å²) in [6, 6.07) is 15.1. The normalized spacial score (nSPS) is 13.6. The molecule has 1 aromatic carbocycles. The first-order valence-electron chi connectivity index (χ1n) is 11.7. The standard InChI is InChI=1S/C26H26FN7O2/c1-18-12-21(28-15-20(18)27)22-13-23(19-6-4-3-5-7-19)34(31-22)16-26(35)33-10-8-32(9-11-33)24-14-25(36-2)30-17-29-24/h3-7,12-15,17H,8-11,16H2,1-2H3. The Morgan fingerprint density at radius 3 is 2.50 bits per heavy atom. The SMILES string of the molecule is COc1cc(N2CCN(C(=O)Cn3nc(-c4cc(C)c(F)cn4)cc3-c3ccccc3)CC2)ncn1. The topological polar surface area (TPSA) is 89.3 Å². The molecule has 4 heterocycles. The number of piperazine rings is 1. The number of carbonyl (C=O) groups is 1. The molecule has 9 nitrogen and oxygen atoms in total. The summed E-state index contributed by atoms with van der Waals surface area (Å²) in [5.74, 6) is 0.896. The average Bonchev–Trinajstić information content (AvgIpc) is 3.34. The molecule has 1 aliphatic rings. The van der Waals surface area contributed by atoms with E-state index in [9.17, 15) is 9.18 Å². The molecule has 1 saturated heterocycles. The second kappa shape index (κ2) is 10.1. The Hall–Kier alpha value is -4.34. The van der Waals surface area contributed by atoms with Crippen LogP contribution in [0.15, 0.2) is 61.1 Å². The van der Waals surface area contributed by atoms with E-state index >= 15 is 0 Å². The first kappa shape index (κ1) is 23.4. The van der Waals surface area contributed by atoms with Crippen LogP contribution in [0, 0.1) is 12.7 Å². The summed E-state index contributed by atoms with van der Waals surface area (Å²) in [6.45, 7) is 4.22. The Morgan fingerprint density at radius 1 is 1.00 bits per heavy atom. The van der Waals surface area contributed by atoms with Crippen LogP contribution in [0.1, 0.15) is 5.56 Å². The molecule has 0 aliphatic carbocycles. The van der Waals surface area contributed by atoms with Crippen LogP contribution in [-0.2, 0) is 11.3 Å².